The van der Waals surface area contributed by atoms with E-state index in [9.17, 15) is 4.79 Å². The summed E-state index contributed by atoms with van der Waals surface area (Å²) in [6.45, 7) is 4.28. The van der Waals surface area contributed by atoms with E-state index in [1.165, 1.54) is 5.56 Å². The lowest BCUT2D eigenvalue weighted by Gasteiger charge is -2.05. The lowest BCUT2D eigenvalue weighted by molar-refractivity contribution is -0.129. The molecule has 0 saturated heterocycles. The number of rotatable bonds is 3. The van der Waals surface area contributed by atoms with Gasteiger partial charge in [0.15, 0.2) is 5.70 Å². The van der Waals surface area contributed by atoms with Crippen molar-refractivity contribution in [3.8, 4) is 0 Å². The van der Waals surface area contributed by atoms with Crippen LogP contribution in [0.15, 0.2) is 63.7 Å². The number of hydrogen-bond acceptors (Lipinski definition) is 3. The van der Waals surface area contributed by atoms with Crippen LogP contribution < -0.4 is 0 Å². The monoisotopic (exact) mass is 369 g/mol. The van der Waals surface area contributed by atoms with Crippen LogP contribution in [0.25, 0.3) is 6.08 Å². The molecule has 0 spiro atoms. The molecule has 0 aliphatic carbocycles. The molecule has 1 heterocycles. The normalized spacial score (nSPS) is 15.9. The number of carbonyl (C=O) groups excluding carboxylic acids is 1. The second kappa shape index (κ2) is 6.50. The predicted octanol–water partition coefficient (Wildman–Crippen LogP) is 4.92. The molecule has 4 heteroatoms. The Hall–Kier alpha value is -2.20. The van der Waals surface area contributed by atoms with Crippen molar-refractivity contribution < 1.29 is 9.53 Å². The average molecular weight is 370 g/mol. The summed E-state index contributed by atoms with van der Waals surface area (Å²) in [7, 11) is 0. The maximum atomic E-state index is 12.0. The summed E-state index contributed by atoms with van der Waals surface area (Å²) in [5.74, 6) is 0.398. The van der Waals surface area contributed by atoms with Gasteiger partial charge in [0, 0.05) is 10.0 Å². The van der Waals surface area contributed by atoms with Gasteiger partial charge in [-0.05, 0) is 47.4 Å². The number of esters is 1. The highest BCUT2D eigenvalue weighted by Gasteiger charge is 2.24. The molecule has 2 aromatic carbocycles. The van der Waals surface area contributed by atoms with Gasteiger partial charge in [-0.15, -0.1) is 0 Å². The second-order valence-electron chi connectivity index (χ2n) is 5.66. The summed E-state index contributed by atoms with van der Waals surface area (Å²) >= 11 is 3.39. The lowest BCUT2D eigenvalue weighted by Crippen LogP contribution is -2.05. The van der Waals surface area contributed by atoms with Crippen LogP contribution in [0.1, 0.15) is 36.5 Å². The van der Waals surface area contributed by atoms with Crippen LogP contribution in [-0.4, -0.2) is 11.9 Å². The van der Waals surface area contributed by atoms with Crippen molar-refractivity contribution in [3.63, 3.8) is 0 Å². The standard InChI is InChI=1S/C19H16BrNO2/c1-12(2)14-5-7-15(8-6-14)18-21-17(19(22)23-18)11-13-3-9-16(20)10-4-13/h3-12H,1-2H3/b17-11-. The van der Waals surface area contributed by atoms with Crippen molar-refractivity contribution in [1.82, 2.24) is 0 Å². The molecule has 1 aliphatic heterocycles. The van der Waals surface area contributed by atoms with Crippen LogP contribution in [0.3, 0.4) is 0 Å². The molecule has 0 radical (unpaired) electrons. The molecule has 3 nitrogen and oxygen atoms in total. The molecule has 0 bridgehead atoms. The Kier molecular flexibility index (Phi) is 4.44. The van der Waals surface area contributed by atoms with Crippen LogP contribution in [0.2, 0.25) is 0 Å². The van der Waals surface area contributed by atoms with Crippen LogP contribution in [-0.2, 0) is 9.53 Å². The van der Waals surface area contributed by atoms with Gasteiger partial charge < -0.3 is 4.74 Å². The topological polar surface area (TPSA) is 38.7 Å². The van der Waals surface area contributed by atoms with Crippen molar-refractivity contribution in [2.45, 2.75) is 19.8 Å². The minimum absolute atomic E-state index is 0.315. The van der Waals surface area contributed by atoms with Crippen molar-refractivity contribution in [1.29, 1.82) is 0 Å². The van der Waals surface area contributed by atoms with E-state index < -0.39 is 5.97 Å². The Bertz CT molecular complexity index is 787. The van der Waals surface area contributed by atoms with Gasteiger partial charge in [0.2, 0.25) is 5.90 Å². The highest BCUT2D eigenvalue weighted by Crippen LogP contribution is 2.21. The number of halogens is 1. The zero-order valence-corrected chi connectivity index (χ0v) is 14.5. The van der Waals surface area contributed by atoms with Crippen LogP contribution in [0, 0.1) is 0 Å². The van der Waals surface area contributed by atoms with Crippen LogP contribution in [0.5, 0.6) is 0 Å². The molecule has 23 heavy (non-hydrogen) atoms. The van der Waals surface area contributed by atoms with Gasteiger partial charge in [0.1, 0.15) is 0 Å². The number of hydrogen-bond donors (Lipinski definition) is 0. The molecule has 0 atom stereocenters. The Morgan fingerprint density at radius 2 is 1.70 bits per heavy atom. The van der Waals surface area contributed by atoms with Crippen molar-refractivity contribution in [2.24, 2.45) is 4.99 Å². The van der Waals surface area contributed by atoms with Gasteiger partial charge >= 0.3 is 5.97 Å². The third-order valence-electron chi connectivity index (χ3n) is 3.62. The summed E-state index contributed by atoms with van der Waals surface area (Å²) in [5.41, 5.74) is 3.27. The highest BCUT2D eigenvalue weighted by atomic mass is 79.9. The summed E-state index contributed by atoms with van der Waals surface area (Å²) in [6.07, 6.45) is 1.73. The fourth-order valence-electron chi connectivity index (χ4n) is 2.26. The first-order chi connectivity index (χ1) is 11.0. The van der Waals surface area contributed by atoms with Crippen LogP contribution >= 0.6 is 15.9 Å². The summed E-state index contributed by atoms with van der Waals surface area (Å²) in [5, 5.41) is 0. The molecule has 3 rings (SSSR count). The van der Waals surface area contributed by atoms with Crippen molar-refractivity contribution in [3.05, 3.63) is 75.4 Å². The molecule has 1 aliphatic rings. The molecule has 0 amide bonds. The molecular weight excluding hydrogens is 354 g/mol. The van der Waals surface area contributed by atoms with E-state index in [4.69, 9.17) is 4.74 Å². The number of cyclic esters (lactones) is 1. The Balaban J connectivity index is 1.87. The van der Waals surface area contributed by atoms with Crippen molar-refractivity contribution in [2.75, 3.05) is 0 Å². The van der Waals surface area contributed by atoms with E-state index in [0.29, 0.717) is 17.5 Å². The zero-order chi connectivity index (χ0) is 16.4. The second-order valence-corrected chi connectivity index (χ2v) is 6.58. The first kappa shape index (κ1) is 15.7. The van der Waals surface area contributed by atoms with Gasteiger partial charge in [0.05, 0.1) is 0 Å². The summed E-state index contributed by atoms with van der Waals surface area (Å²) in [6, 6.07) is 15.6. The number of carbonyl (C=O) groups is 1. The Labute approximate surface area is 143 Å². The average Bonchev–Trinajstić information content (AvgIpc) is 2.91. The van der Waals surface area contributed by atoms with E-state index in [1.54, 1.807) is 6.08 Å². The third-order valence-corrected chi connectivity index (χ3v) is 4.15. The van der Waals surface area contributed by atoms with E-state index in [0.717, 1.165) is 15.6 Å². The van der Waals surface area contributed by atoms with Gasteiger partial charge in [-0.3, -0.25) is 0 Å². The zero-order valence-electron chi connectivity index (χ0n) is 12.9. The minimum Gasteiger partial charge on any atom is -0.402 e. The molecule has 0 fully saturated rings. The maximum absolute atomic E-state index is 12.0. The largest absolute Gasteiger partial charge is 0.402 e. The van der Waals surface area contributed by atoms with Crippen molar-refractivity contribution >= 4 is 33.9 Å². The molecule has 0 N–H and O–H groups in total. The van der Waals surface area contributed by atoms with Gasteiger partial charge in [0.25, 0.3) is 0 Å². The maximum Gasteiger partial charge on any atom is 0.363 e. The molecule has 0 unspecified atom stereocenters. The summed E-state index contributed by atoms with van der Waals surface area (Å²) < 4.78 is 6.28. The van der Waals surface area contributed by atoms with E-state index in [2.05, 4.69) is 34.8 Å². The number of nitrogens with zero attached hydrogens (tertiary/aromatic N) is 1. The Morgan fingerprint density at radius 3 is 2.30 bits per heavy atom. The lowest BCUT2D eigenvalue weighted by atomic mass is 10.0. The Morgan fingerprint density at radius 1 is 1.04 bits per heavy atom. The number of ether oxygens (including phenoxy) is 1. The first-order valence-electron chi connectivity index (χ1n) is 7.41. The minimum atomic E-state index is -0.421. The molecular formula is C19H16BrNO2. The third kappa shape index (κ3) is 3.59. The van der Waals surface area contributed by atoms with E-state index in [1.807, 2.05) is 48.5 Å². The predicted molar refractivity (Wildman–Crippen MR) is 95.3 cm³/mol. The smallest absolute Gasteiger partial charge is 0.363 e. The quantitative estimate of drug-likeness (QED) is 0.568. The molecule has 0 aromatic heterocycles. The molecule has 116 valence electrons. The van der Waals surface area contributed by atoms with Gasteiger partial charge in [-0.1, -0.05) is 54.0 Å². The molecule has 0 saturated carbocycles. The fraction of sp³-hybridized carbons (Fsp3) is 0.158. The number of benzene rings is 2. The van der Waals surface area contributed by atoms with Gasteiger partial charge in [-0.2, -0.15) is 0 Å². The molecule has 2 aromatic rings. The highest BCUT2D eigenvalue weighted by molar-refractivity contribution is 9.10. The van der Waals surface area contributed by atoms with Crippen LogP contribution in [0.4, 0.5) is 0 Å². The fourth-order valence-corrected chi connectivity index (χ4v) is 2.52. The van der Waals surface area contributed by atoms with E-state index in [-0.39, 0.29) is 0 Å². The van der Waals surface area contributed by atoms with E-state index >= 15 is 0 Å². The SMILES string of the molecule is CC(C)c1ccc(C2=N/C(=C\c3ccc(Br)cc3)C(=O)O2)cc1. The summed E-state index contributed by atoms with van der Waals surface area (Å²) in [4.78, 5) is 16.3. The number of aliphatic imine (C=N–C) groups is 1. The first-order valence-corrected chi connectivity index (χ1v) is 8.21. The van der Waals surface area contributed by atoms with Gasteiger partial charge in [-0.25, -0.2) is 9.79 Å².